The van der Waals surface area contributed by atoms with Crippen LogP contribution in [0.15, 0.2) is 42.5 Å². The number of hydrogen-bond acceptors (Lipinski definition) is 0. The van der Waals surface area contributed by atoms with Gasteiger partial charge in [0, 0.05) is 5.02 Å². The number of benzene rings is 2. The van der Waals surface area contributed by atoms with Crippen LogP contribution >= 0.6 is 23.2 Å². The third-order valence-corrected chi connectivity index (χ3v) is 3.87. The van der Waals surface area contributed by atoms with Crippen molar-refractivity contribution in [2.75, 3.05) is 0 Å². The van der Waals surface area contributed by atoms with Crippen molar-refractivity contribution in [1.29, 1.82) is 0 Å². The third kappa shape index (κ3) is 3.28. The molecule has 0 fully saturated rings. The summed E-state index contributed by atoms with van der Waals surface area (Å²) in [5.74, 6) is 0. The van der Waals surface area contributed by atoms with Gasteiger partial charge in [0.2, 0.25) is 0 Å². The highest BCUT2D eigenvalue weighted by Crippen LogP contribution is 2.28. The quantitative estimate of drug-likeness (QED) is 0.653. The highest BCUT2D eigenvalue weighted by Gasteiger charge is 2.10. The average Bonchev–Trinajstić information content (AvgIpc) is 2.32. The molecule has 0 nitrogen and oxygen atoms in total. The zero-order chi connectivity index (χ0) is 13.1. The van der Waals surface area contributed by atoms with Crippen molar-refractivity contribution in [3.63, 3.8) is 0 Å². The van der Waals surface area contributed by atoms with Gasteiger partial charge in [0.1, 0.15) is 0 Å². The zero-order valence-corrected chi connectivity index (χ0v) is 12.1. The van der Waals surface area contributed by atoms with Crippen molar-refractivity contribution in [1.82, 2.24) is 0 Å². The summed E-state index contributed by atoms with van der Waals surface area (Å²) in [6.45, 7) is 4.10. The predicted octanol–water partition coefficient (Wildman–Crippen LogP) is 5.48. The van der Waals surface area contributed by atoms with Gasteiger partial charge in [0.05, 0.1) is 5.38 Å². The normalized spacial score (nSPS) is 12.4. The standard InChI is InChI=1S/C16H16Cl2/c1-11-4-3-5-13(8-11)10-16(18)14-6-7-15(17)12(2)9-14/h3-9,16H,10H2,1-2H3. The van der Waals surface area contributed by atoms with E-state index in [9.17, 15) is 0 Å². The molecule has 2 rings (SSSR count). The summed E-state index contributed by atoms with van der Waals surface area (Å²) in [5.41, 5.74) is 4.73. The molecule has 0 spiro atoms. The highest BCUT2D eigenvalue weighted by atomic mass is 35.5. The summed E-state index contributed by atoms with van der Waals surface area (Å²) in [6, 6.07) is 14.4. The first kappa shape index (κ1) is 13.5. The van der Waals surface area contributed by atoms with E-state index in [-0.39, 0.29) is 5.38 Å². The zero-order valence-electron chi connectivity index (χ0n) is 10.6. The summed E-state index contributed by atoms with van der Waals surface area (Å²) in [6.07, 6.45) is 0.838. The number of halogens is 2. The van der Waals surface area contributed by atoms with E-state index in [0.29, 0.717) is 0 Å². The summed E-state index contributed by atoms with van der Waals surface area (Å²) in [5, 5.41) is 0.779. The van der Waals surface area contributed by atoms with E-state index in [4.69, 9.17) is 23.2 Å². The molecule has 18 heavy (non-hydrogen) atoms. The van der Waals surface area contributed by atoms with Crippen LogP contribution in [0.5, 0.6) is 0 Å². The molecule has 94 valence electrons. The number of hydrogen-bond donors (Lipinski definition) is 0. The van der Waals surface area contributed by atoms with Crippen molar-refractivity contribution in [3.05, 3.63) is 69.7 Å². The smallest absolute Gasteiger partial charge is 0.0625 e. The fraction of sp³-hybridized carbons (Fsp3) is 0.250. The van der Waals surface area contributed by atoms with Gasteiger partial charge < -0.3 is 0 Å². The monoisotopic (exact) mass is 278 g/mol. The van der Waals surface area contributed by atoms with Gasteiger partial charge in [-0.25, -0.2) is 0 Å². The van der Waals surface area contributed by atoms with Gasteiger partial charge in [-0.1, -0.05) is 53.6 Å². The second kappa shape index (κ2) is 5.77. The molecule has 0 aliphatic heterocycles. The summed E-state index contributed by atoms with van der Waals surface area (Å²) in [4.78, 5) is 0. The molecule has 0 saturated heterocycles. The van der Waals surface area contributed by atoms with Gasteiger partial charge in [-0.05, 0) is 43.0 Å². The maximum Gasteiger partial charge on any atom is 0.0625 e. The molecule has 0 bridgehead atoms. The Balaban J connectivity index is 2.16. The Morgan fingerprint density at radius 3 is 2.50 bits per heavy atom. The van der Waals surface area contributed by atoms with Crippen LogP contribution in [0.25, 0.3) is 0 Å². The van der Waals surface area contributed by atoms with Gasteiger partial charge in [0.25, 0.3) is 0 Å². The lowest BCUT2D eigenvalue weighted by Crippen LogP contribution is -1.97. The molecule has 0 aliphatic rings. The van der Waals surface area contributed by atoms with Crippen LogP contribution in [0.1, 0.15) is 27.6 Å². The topological polar surface area (TPSA) is 0 Å². The van der Waals surface area contributed by atoms with Crippen molar-refractivity contribution in [3.8, 4) is 0 Å². The fourth-order valence-electron chi connectivity index (χ4n) is 2.03. The second-order valence-electron chi connectivity index (χ2n) is 4.67. The number of alkyl halides is 1. The SMILES string of the molecule is Cc1cccc(CC(Cl)c2ccc(Cl)c(C)c2)c1. The van der Waals surface area contributed by atoms with Crippen LogP contribution in [0, 0.1) is 13.8 Å². The van der Waals surface area contributed by atoms with Gasteiger partial charge in [-0.3, -0.25) is 0 Å². The van der Waals surface area contributed by atoms with E-state index in [1.165, 1.54) is 11.1 Å². The summed E-state index contributed by atoms with van der Waals surface area (Å²) in [7, 11) is 0. The van der Waals surface area contributed by atoms with E-state index in [1.54, 1.807) is 0 Å². The van der Waals surface area contributed by atoms with Gasteiger partial charge >= 0.3 is 0 Å². The lowest BCUT2D eigenvalue weighted by atomic mass is 10.0. The van der Waals surface area contributed by atoms with Crippen LogP contribution in [0.2, 0.25) is 5.02 Å². The molecule has 0 N–H and O–H groups in total. The van der Waals surface area contributed by atoms with Crippen molar-refractivity contribution in [2.24, 2.45) is 0 Å². The van der Waals surface area contributed by atoms with Crippen molar-refractivity contribution < 1.29 is 0 Å². The molecule has 0 aromatic heterocycles. The molecular formula is C16H16Cl2. The second-order valence-corrected chi connectivity index (χ2v) is 5.60. The largest absolute Gasteiger partial charge is 0.117 e. The Morgan fingerprint density at radius 1 is 1.06 bits per heavy atom. The molecule has 0 aliphatic carbocycles. The molecular weight excluding hydrogens is 263 g/mol. The molecule has 2 aromatic carbocycles. The van der Waals surface area contributed by atoms with Crippen LogP contribution in [0.4, 0.5) is 0 Å². The lowest BCUT2D eigenvalue weighted by Gasteiger charge is -2.12. The van der Waals surface area contributed by atoms with E-state index in [2.05, 4.69) is 37.3 Å². The van der Waals surface area contributed by atoms with E-state index < -0.39 is 0 Å². The Labute approximate surface area is 119 Å². The maximum atomic E-state index is 6.47. The van der Waals surface area contributed by atoms with Gasteiger partial charge in [-0.2, -0.15) is 0 Å². The Morgan fingerprint density at radius 2 is 1.83 bits per heavy atom. The molecule has 0 saturated carbocycles. The molecule has 1 atom stereocenters. The minimum atomic E-state index is -0.0113. The van der Waals surface area contributed by atoms with Crippen LogP contribution < -0.4 is 0 Å². The molecule has 0 radical (unpaired) electrons. The first-order chi connectivity index (χ1) is 8.56. The molecule has 1 unspecified atom stereocenters. The van der Waals surface area contributed by atoms with E-state index >= 15 is 0 Å². The first-order valence-electron chi connectivity index (χ1n) is 6.02. The van der Waals surface area contributed by atoms with Crippen molar-refractivity contribution in [2.45, 2.75) is 25.6 Å². The first-order valence-corrected chi connectivity index (χ1v) is 6.83. The third-order valence-electron chi connectivity index (χ3n) is 3.04. The van der Waals surface area contributed by atoms with E-state index in [1.807, 2.05) is 19.1 Å². The number of rotatable bonds is 3. The predicted molar refractivity (Wildman–Crippen MR) is 79.7 cm³/mol. The lowest BCUT2D eigenvalue weighted by molar-refractivity contribution is 0.916. The Hall–Kier alpha value is -0.980. The Kier molecular flexibility index (Phi) is 4.31. The Bertz CT molecular complexity index is 547. The molecule has 0 heterocycles. The van der Waals surface area contributed by atoms with Crippen molar-refractivity contribution >= 4 is 23.2 Å². The van der Waals surface area contributed by atoms with Crippen LogP contribution in [-0.4, -0.2) is 0 Å². The fourth-order valence-corrected chi connectivity index (χ4v) is 2.46. The molecule has 2 aromatic rings. The minimum absolute atomic E-state index is 0.0113. The van der Waals surface area contributed by atoms with Crippen LogP contribution in [0.3, 0.4) is 0 Å². The average molecular weight is 279 g/mol. The molecule has 0 amide bonds. The van der Waals surface area contributed by atoms with E-state index in [0.717, 1.165) is 22.6 Å². The van der Waals surface area contributed by atoms with Gasteiger partial charge in [-0.15, -0.1) is 11.6 Å². The summed E-state index contributed by atoms with van der Waals surface area (Å²) >= 11 is 12.5. The highest BCUT2D eigenvalue weighted by molar-refractivity contribution is 6.31. The van der Waals surface area contributed by atoms with Crippen LogP contribution in [-0.2, 0) is 6.42 Å². The van der Waals surface area contributed by atoms with Gasteiger partial charge in [0.15, 0.2) is 0 Å². The minimum Gasteiger partial charge on any atom is -0.117 e. The molecule has 2 heteroatoms. The number of aryl methyl sites for hydroxylation is 2. The maximum absolute atomic E-state index is 6.47. The summed E-state index contributed by atoms with van der Waals surface area (Å²) < 4.78 is 0.